The third-order valence-corrected chi connectivity index (χ3v) is 6.35. The Balaban J connectivity index is 2.17. The first-order valence-electron chi connectivity index (χ1n) is 9.14. The first-order chi connectivity index (χ1) is 14.3. The molecule has 0 saturated carbocycles. The van der Waals surface area contributed by atoms with Crippen LogP contribution in [0.15, 0.2) is 41.3 Å². The molecule has 0 aromatic heterocycles. The molecule has 0 aliphatic rings. The van der Waals surface area contributed by atoms with Crippen molar-refractivity contribution < 1.29 is 27.7 Å². The Labute approximate surface area is 180 Å². The van der Waals surface area contributed by atoms with Crippen LogP contribution in [0.2, 0.25) is 0 Å². The Hall–Kier alpha value is -3.31. The lowest BCUT2D eigenvalue weighted by Crippen LogP contribution is -2.30. The second-order valence-electron chi connectivity index (χ2n) is 7.06. The maximum Gasteiger partial charge on any atom is 0.339 e. The summed E-state index contributed by atoms with van der Waals surface area (Å²) >= 11 is 0. The zero-order chi connectivity index (χ0) is 23.5. The Morgan fingerprint density at radius 2 is 1.71 bits per heavy atom. The molecule has 1 atom stereocenters. The molecule has 1 amide bonds. The summed E-state index contributed by atoms with van der Waals surface area (Å²) in [5.74, 6) is -1.58. The van der Waals surface area contributed by atoms with Crippen molar-refractivity contribution in [2.45, 2.75) is 31.8 Å². The van der Waals surface area contributed by atoms with Crippen molar-refractivity contribution in [2.75, 3.05) is 19.4 Å². The van der Waals surface area contributed by atoms with E-state index in [4.69, 9.17) is 4.74 Å². The molecule has 0 radical (unpaired) electrons. The first-order valence-corrected chi connectivity index (χ1v) is 10.6. The van der Waals surface area contributed by atoms with Gasteiger partial charge < -0.3 is 10.1 Å². The zero-order valence-corrected chi connectivity index (χ0v) is 18.5. The summed E-state index contributed by atoms with van der Waals surface area (Å²) in [5.41, 5.74) is 0.948. The Bertz CT molecular complexity index is 1140. The van der Waals surface area contributed by atoms with Crippen LogP contribution in [-0.2, 0) is 19.6 Å². The van der Waals surface area contributed by atoms with Gasteiger partial charge in [-0.25, -0.2) is 17.5 Å². The number of carbonyl (C=O) groups is 2. The topological polar surface area (TPSA) is 136 Å². The molecular weight excluding hydrogens is 426 g/mol. The average molecular weight is 449 g/mol. The van der Waals surface area contributed by atoms with Gasteiger partial charge in [0.25, 0.3) is 11.6 Å². The highest BCUT2D eigenvalue weighted by Crippen LogP contribution is 2.23. The fraction of sp³-hybridized carbons (Fsp3) is 0.300. The van der Waals surface area contributed by atoms with Crippen molar-refractivity contribution in [1.82, 2.24) is 4.31 Å². The molecule has 1 N–H and O–H groups in total. The van der Waals surface area contributed by atoms with Crippen LogP contribution in [0, 0.1) is 24.0 Å². The van der Waals surface area contributed by atoms with E-state index in [1.54, 1.807) is 13.0 Å². The number of hydrogen-bond acceptors (Lipinski definition) is 7. The van der Waals surface area contributed by atoms with Gasteiger partial charge >= 0.3 is 5.97 Å². The second kappa shape index (κ2) is 9.23. The summed E-state index contributed by atoms with van der Waals surface area (Å²) in [6.45, 7) is 4.56. The van der Waals surface area contributed by atoms with Crippen LogP contribution in [-0.4, -0.2) is 49.7 Å². The number of nitro groups is 1. The number of amides is 1. The Morgan fingerprint density at radius 1 is 1.10 bits per heavy atom. The van der Waals surface area contributed by atoms with E-state index in [2.05, 4.69) is 5.32 Å². The predicted octanol–water partition coefficient (Wildman–Crippen LogP) is 2.65. The predicted molar refractivity (Wildman–Crippen MR) is 113 cm³/mol. The van der Waals surface area contributed by atoms with E-state index in [-0.39, 0.29) is 21.8 Å². The molecule has 2 aromatic carbocycles. The molecule has 0 aliphatic heterocycles. The van der Waals surface area contributed by atoms with Crippen LogP contribution in [0.3, 0.4) is 0 Å². The summed E-state index contributed by atoms with van der Waals surface area (Å²) < 4.78 is 30.8. The van der Waals surface area contributed by atoms with Crippen LogP contribution in [0.4, 0.5) is 11.4 Å². The quantitative estimate of drug-likeness (QED) is 0.390. The van der Waals surface area contributed by atoms with E-state index in [1.807, 2.05) is 0 Å². The number of hydrogen-bond donors (Lipinski definition) is 1. The third-order valence-electron chi connectivity index (χ3n) is 4.54. The lowest BCUT2D eigenvalue weighted by Gasteiger charge is -2.17. The van der Waals surface area contributed by atoms with Crippen molar-refractivity contribution in [3.63, 3.8) is 0 Å². The number of nitro benzene ring substituents is 1. The van der Waals surface area contributed by atoms with Crippen molar-refractivity contribution in [3.8, 4) is 0 Å². The molecule has 0 spiro atoms. The molecule has 10 nitrogen and oxygen atoms in total. The maximum absolute atomic E-state index is 12.5. The summed E-state index contributed by atoms with van der Waals surface area (Å²) in [6.07, 6.45) is -1.23. The number of aryl methyl sites for hydroxylation is 2. The summed E-state index contributed by atoms with van der Waals surface area (Å²) in [6, 6.07) is 8.17. The molecule has 0 bridgehead atoms. The number of carbonyl (C=O) groups excluding carboxylic acids is 2. The molecule has 0 aliphatic carbocycles. The van der Waals surface area contributed by atoms with Crippen molar-refractivity contribution in [2.24, 2.45) is 0 Å². The number of nitrogens with one attached hydrogen (secondary N) is 1. The molecule has 166 valence electrons. The van der Waals surface area contributed by atoms with Gasteiger partial charge in [-0.15, -0.1) is 0 Å². The smallest absolute Gasteiger partial charge is 0.339 e. The van der Waals surface area contributed by atoms with Crippen LogP contribution in [0.1, 0.15) is 28.4 Å². The van der Waals surface area contributed by atoms with Crippen LogP contribution in [0.5, 0.6) is 0 Å². The van der Waals surface area contributed by atoms with Gasteiger partial charge in [0.1, 0.15) is 0 Å². The zero-order valence-electron chi connectivity index (χ0n) is 17.7. The van der Waals surface area contributed by atoms with Gasteiger partial charge in [-0.1, -0.05) is 12.1 Å². The van der Waals surface area contributed by atoms with Crippen LogP contribution >= 0.6 is 0 Å². The minimum atomic E-state index is -3.70. The highest BCUT2D eigenvalue weighted by Gasteiger charge is 2.23. The van der Waals surface area contributed by atoms with E-state index in [0.29, 0.717) is 11.1 Å². The number of benzene rings is 2. The first kappa shape index (κ1) is 24.0. The van der Waals surface area contributed by atoms with Gasteiger partial charge in [0.2, 0.25) is 10.0 Å². The number of ether oxygens (including phenoxy) is 1. The Morgan fingerprint density at radius 3 is 2.29 bits per heavy atom. The number of esters is 1. The second-order valence-corrected chi connectivity index (χ2v) is 9.21. The monoisotopic (exact) mass is 449 g/mol. The largest absolute Gasteiger partial charge is 0.449 e. The lowest BCUT2D eigenvalue weighted by molar-refractivity contribution is -0.385. The van der Waals surface area contributed by atoms with Gasteiger partial charge in [-0.05, 0) is 44.5 Å². The third kappa shape index (κ3) is 5.44. The molecule has 11 heteroatoms. The van der Waals surface area contributed by atoms with Crippen molar-refractivity contribution >= 4 is 33.3 Å². The number of rotatable bonds is 7. The highest BCUT2D eigenvalue weighted by molar-refractivity contribution is 7.89. The van der Waals surface area contributed by atoms with Gasteiger partial charge in [0, 0.05) is 31.4 Å². The normalized spacial score (nSPS) is 12.3. The average Bonchev–Trinajstić information content (AvgIpc) is 2.69. The van der Waals surface area contributed by atoms with Gasteiger partial charge in [0.15, 0.2) is 6.10 Å². The lowest BCUT2D eigenvalue weighted by atomic mass is 10.1. The van der Waals surface area contributed by atoms with Gasteiger partial charge in [-0.3, -0.25) is 14.9 Å². The summed E-state index contributed by atoms with van der Waals surface area (Å²) in [5, 5.41) is 13.6. The van der Waals surface area contributed by atoms with E-state index >= 15 is 0 Å². The highest BCUT2D eigenvalue weighted by atomic mass is 32.2. The van der Waals surface area contributed by atoms with E-state index < -0.39 is 32.9 Å². The fourth-order valence-corrected chi connectivity index (χ4v) is 3.49. The minimum absolute atomic E-state index is 0.00462. The van der Waals surface area contributed by atoms with Crippen molar-refractivity contribution in [1.29, 1.82) is 0 Å². The van der Waals surface area contributed by atoms with E-state index in [1.165, 1.54) is 52.2 Å². The van der Waals surface area contributed by atoms with Crippen LogP contribution in [0.25, 0.3) is 0 Å². The molecule has 0 heterocycles. The number of nitrogens with zero attached hydrogens (tertiary/aromatic N) is 2. The standard InChI is InChI=1S/C20H23N3O7S/c1-12-7-9-16(31(28,29)22(4)5)11-17(12)21-19(24)14(3)30-20(25)15-8-6-13(2)18(10-15)23(26)27/h6-11,14H,1-5H3,(H,21,24). The molecule has 0 fully saturated rings. The number of sulfonamides is 1. The van der Waals surface area contributed by atoms with Crippen LogP contribution < -0.4 is 5.32 Å². The number of anilines is 1. The minimum Gasteiger partial charge on any atom is -0.449 e. The summed E-state index contributed by atoms with van der Waals surface area (Å²) in [4.78, 5) is 35.2. The van der Waals surface area contributed by atoms with E-state index in [9.17, 15) is 28.1 Å². The fourth-order valence-electron chi connectivity index (χ4n) is 2.56. The summed E-state index contributed by atoms with van der Waals surface area (Å²) in [7, 11) is -0.914. The Kier molecular flexibility index (Phi) is 7.13. The molecule has 0 saturated heterocycles. The van der Waals surface area contributed by atoms with Gasteiger partial charge in [-0.2, -0.15) is 0 Å². The molecule has 2 rings (SSSR count). The maximum atomic E-state index is 12.5. The molecule has 2 aromatic rings. The molecular formula is C20H23N3O7S. The van der Waals surface area contributed by atoms with Crippen molar-refractivity contribution in [3.05, 3.63) is 63.2 Å². The molecule has 1 unspecified atom stereocenters. The molecule has 31 heavy (non-hydrogen) atoms. The van der Waals surface area contributed by atoms with E-state index in [0.717, 1.165) is 10.4 Å². The SMILES string of the molecule is Cc1ccc(S(=O)(=O)N(C)C)cc1NC(=O)C(C)OC(=O)c1ccc(C)c([N+](=O)[O-])c1. The van der Waals surface area contributed by atoms with Gasteiger partial charge in [0.05, 0.1) is 15.4 Å².